The fraction of sp³-hybridized carbons (Fsp3) is 0.326. The van der Waals surface area contributed by atoms with Gasteiger partial charge in [-0.1, -0.05) is 13.2 Å². The first kappa shape index (κ1) is 45.0. The standard InChI is InChI=1S/C43H42O18/c1-3-35(44)51-21-5-7-23-53-42(49)58-31-17-11-27(12-18-31)39(46)57-30-15-9-28(10-16-30)40(47)60-33-25-55-38-34(26-56-37(33)38)61-41(48)29-13-19-32(20-14-29)59-43(50)54-24-8-6-22-52-36(45)4-2/h3-4,9-20,33-34,37-38H,1-2,5-8,21-26H2/t33-,34+,37+,38+/m0/s1. The third kappa shape index (κ3) is 14.0. The SMILES string of the molecule is C=CC(=O)OCCCCOC(=O)Oc1ccc(C(=O)Oc2ccc(C(=O)O[C@H]3CO[C@H]4[C@@H]3OC[C@H]4OC(=O)c3ccc(OC(=O)OCCCCOC(=O)C=C)cc3)cc2)cc1. The molecule has 0 amide bonds. The number of unbranched alkanes of at least 4 members (excludes halogenated alkanes) is 2. The Labute approximate surface area is 349 Å². The third-order valence-corrected chi connectivity index (χ3v) is 8.70. The largest absolute Gasteiger partial charge is 0.513 e. The first-order valence-electron chi connectivity index (χ1n) is 19.0. The van der Waals surface area contributed by atoms with Crippen LogP contribution in [-0.2, 0) is 47.5 Å². The second kappa shape index (κ2) is 22.9. The maximum atomic E-state index is 13.0. The van der Waals surface area contributed by atoms with Crippen LogP contribution in [0, 0.1) is 0 Å². The molecule has 18 heteroatoms. The van der Waals surface area contributed by atoms with Gasteiger partial charge in [0.05, 0.1) is 56.3 Å². The highest BCUT2D eigenvalue weighted by atomic mass is 16.7. The summed E-state index contributed by atoms with van der Waals surface area (Å²) in [6.45, 7) is 7.04. The monoisotopic (exact) mass is 846 g/mol. The number of esters is 5. The number of carbonyl (C=O) groups excluding carboxylic acids is 7. The van der Waals surface area contributed by atoms with Crippen molar-refractivity contribution in [2.45, 2.75) is 50.1 Å². The molecule has 0 unspecified atom stereocenters. The van der Waals surface area contributed by atoms with Crippen molar-refractivity contribution in [3.63, 3.8) is 0 Å². The fourth-order valence-electron chi connectivity index (χ4n) is 5.62. The van der Waals surface area contributed by atoms with Crippen molar-refractivity contribution in [1.82, 2.24) is 0 Å². The van der Waals surface area contributed by atoms with Gasteiger partial charge in [0.15, 0.2) is 12.2 Å². The summed E-state index contributed by atoms with van der Waals surface area (Å²) in [6, 6.07) is 16.9. The maximum Gasteiger partial charge on any atom is 0.513 e. The van der Waals surface area contributed by atoms with E-state index in [0.29, 0.717) is 25.7 Å². The summed E-state index contributed by atoms with van der Waals surface area (Å²) < 4.78 is 58.1. The van der Waals surface area contributed by atoms with Crippen molar-refractivity contribution in [2.24, 2.45) is 0 Å². The molecule has 0 radical (unpaired) electrons. The van der Waals surface area contributed by atoms with Crippen molar-refractivity contribution in [2.75, 3.05) is 39.6 Å². The summed E-state index contributed by atoms with van der Waals surface area (Å²) in [5.74, 6) is -2.71. The van der Waals surface area contributed by atoms with Crippen molar-refractivity contribution >= 4 is 42.2 Å². The lowest BCUT2D eigenvalue weighted by molar-refractivity contribution is -0.138. The molecular weight excluding hydrogens is 804 g/mol. The predicted molar refractivity (Wildman–Crippen MR) is 207 cm³/mol. The molecule has 2 aliphatic rings. The Kier molecular flexibility index (Phi) is 16.9. The minimum absolute atomic E-state index is 0.000410. The summed E-state index contributed by atoms with van der Waals surface area (Å²) in [7, 11) is 0. The second-order valence-electron chi connectivity index (χ2n) is 13.0. The first-order valence-corrected chi connectivity index (χ1v) is 19.0. The molecule has 18 nitrogen and oxygen atoms in total. The smallest absolute Gasteiger partial charge is 0.463 e. The molecular formula is C43H42O18. The summed E-state index contributed by atoms with van der Waals surface area (Å²) in [5, 5.41) is 0. The predicted octanol–water partition coefficient (Wildman–Crippen LogP) is 5.50. The number of hydrogen-bond acceptors (Lipinski definition) is 18. The van der Waals surface area contributed by atoms with E-state index in [1.807, 2.05) is 0 Å². The van der Waals surface area contributed by atoms with Crippen LogP contribution in [0.4, 0.5) is 9.59 Å². The highest BCUT2D eigenvalue weighted by molar-refractivity contribution is 5.92. The van der Waals surface area contributed by atoms with E-state index in [4.69, 9.17) is 52.1 Å². The average Bonchev–Trinajstić information content (AvgIpc) is 3.86. The van der Waals surface area contributed by atoms with Crippen molar-refractivity contribution < 1.29 is 85.7 Å². The molecule has 0 aromatic heterocycles. The van der Waals surface area contributed by atoms with Crippen molar-refractivity contribution in [3.8, 4) is 17.2 Å². The van der Waals surface area contributed by atoms with Crippen LogP contribution >= 0.6 is 0 Å². The molecule has 0 N–H and O–H groups in total. The molecule has 2 fully saturated rings. The Morgan fingerprint density at radius 1 is 0.475 bits per heavy atom. The fourth-order valence-corrected chi connectivity index (χ4v) is 5.62. The molecule has 5 rings (SSSR count). The normalized spacial score (nSPS) is 17.4. The molecule has 4 atom stereocenters. The Hall–Kier alpha value is -7.05. The molecule has 3 aromatic rings. The Balaban J connectivity index is 0.991. The zero-order chi connectivity index (χ0) is 43.6. The van der Waals surface area contributed by atoms with Gasteiger partial charge in [-0.2, -0.15) is 0 Å². The van der Waals surface area contributed by atoms with Gasteiger partial charge >= 0.3 is 42.2 Å². The topological polar surface area (TPSA) is 221 Å². The molecule has 3 aromatic carbocycles. The first-order chi connectivity index (χ1) is 29.5. The van der Waals surface area contributed by atoms with Crippen LogP contribution in [0.15, 0.2) is 98.1 Å². The van der Waals surface area contributed by atoms with Crippen LogP contribution < -0.4 is 14.2 Å². The summed E-state index contributed by atoms with van der Waals surface area (Å²) in [6.07, 6.45) is -0.864. The van der Waals surface area contributed by atoms with Gasteiger partial charge in [0.25, 0.3) is 0 Å². The number of rotatable bonds is 20. The molecule has 2 heterocycles. The van der Waals surface area contributed by atoms with Gasteiger partial charge in [0.1, 0.15) is 29.5 Å². The molecule has 61 heavy (non-hydrogen) atoms. The second-order valence-corrected chi connectivity index (χ2v) is 13.0. The van der Waals surface area contributed by atoms with E-state index in [2.05, 4.69) is 13.2 Å². The van der Waals surface area contributed by atoms with E-state index in [-0.39, 0.29) is 73.6 Å². The van der Waals surface area contributed by atoms with Gasteiger partial charge in [0.2, 0.25) is 0 Å². The number of hydrogen-bond donors (Lipinski definition) is 0. The lowest BCUT2D eigenvalue weighted by atomic mass is 10.1. The van der Waals surface area contributed by atoms with E-state index < -0.39 is 66.6 Å². The van der Waals surface area contributed by atoms with Gasteiger partial charge in [0, 0.05) is 12.2 Å². The van der Waals surface area contributed by atoms with Crippen LogP contribution in [-0.4, -0.2) is 106 Å². The Morgan fingerprint density at radius 2 is 0.803 bits per heavy atom. The lowest BCUT2D eigenvalue weighted by Crippen LogP contribution is -2.36. The van der Waals surface area contributed by atoms with E-state index in [1.54, 1.807) is 0 Å². The summed E-state index contributed by atoms with van der Waals surface area (Å²) >= 11 is 0. The van der Waals surface area contributed by atoms with Gasteiger partial charge < -0.3 is 52.1 Å². The van der Waals surface area contributed by atoms with Gasteiger partial charge in [-0.3, -0.25) is 0 Å². The summed E-state index contributed by atoms with van der Waals surface area (Å²) in [5.41, 5.74) is 0.498. The Morgan fingerprint density at radius 3 is 1.16 bits per heavy atom. The van der Waals surface area contributed by atoms with E-state index >= 15 is 0 Å². The molecule has 0 bridgehead atoms. The maximum absolute atomic E-state index is 13.0. The molecule has 0 saturated carbocycles. The quantitative estimate of drug-likeness (QED) is 0.0342. The van der Waals surface area contributed by atoms with Gasteiger partial charge in [-0.25, -0.2) is 33.6 Å². The zero-order valence-corrected chi connectivity index (χ0v) is 32.7. The van der Waals surface area contributed by atoms with E-state index in [1.165, 1.54) is 72.8 Å². The zero-order valence-electron chi connectivity index (χ0n) is 32.7. The number of benzene rings is 3. The number of fused-ring (bicyclic) bond motifs is 1. The third-order valence-electron chi connectivity index (χ3n) is 8.70. The molecule has 2 saturated heterocycles. The molecule has 0 aliphatic carbocycles. The molecule has 0 spiro atoms. The van der Waals surface area contributed by atoms with Gasteiger partial charge in [-0.15, -0.1) is 0 Å². The van der Waals surface area contributed by atoms with Crippen LogP contribution in [0.5, 0.6) is 17.2 Å². The lowest BCUT2D eigenvalue weighted by Gasteiger charge is -2.17. The van der Waals surface area contributed by atoms with E-state index in [9.17, 15) is 33.6 Å². The molecule has 322 valence electrons. The van der Waals surface area contributed by atoms with Crippen molar-refractivity contribution in [3.05, 3.63) is 115 Å². The number of carbonyl (C=O) groups is 7. The van der Waals surface area contributed by atoms with Crippen molar-refractivity contribution in [1.29, 1.82) is 0 Å². The minimum Gasteiger partial charge on any atom is -0.463 e. The minimum atomic E-state index is -0.939. The van der Waals surface area contributed by atoms with E-state index in [0.717, 1.165) is 12.2 Å². The summed E-state index contributed by atoms with van der Waals surface area (Å²) in [4.78, 5) is 84.5. The van der Waals surface area contributed by atoms with Crippen LogP contribution in [0.2, 0.25) is 0 Å². The highest BCUT2D eigenvalue weighted by Gasteiger charge is 2.51. The van der Waals surface area contributed by atoms with Crippen LogP contribution in [0.3, 0.4) is 0 Å². The van der Waals surface area contributed by atoms with Gasteiger partial charge in [-0.05, 0) is 98.5 Å². The number of ether oxygens (including phenoxy) is 11. The van der Waals surface area contributed by atoms with Crippen LogP contribution in [0.25, 0.3) is 0 Å². The highest BCUT2D eigenvalue weighted by Crippen LogP contribution is 2.32. The molecule has 2 aliphatic heterocycles. The van der Waals surface area contributed by atoms with Crippen LogP contribution in [0.1, 0.15) is 56.8 Å². The average molecular weight is 847 g/mol. The Bertz CT molecular complexity index is 2030.